The molecule has 4 bridgehead atoms. The van der Waals surface area contributed by atoms with Gasteiger partial charge in [-0.15, -0.1) is 0 Å². The summed E-state index contributed by atoms with van der Waals surface area (Å²) in [7, 11) is 0. The van der Waals surface area contributed by atoms with Crippen molar-refractivity contribution in [1.82, 2.24) is 0 Å². The molecule has 20 heavy (non-hydrogen) atoms. The zero-order valence-corrected chi connectivity index (χ0v) is 14.2. The van der Waals surface area contributed by atoms with Crippen molar-refractivity contribution in [3.05, 3.63) is 0 Å². The van der Waals surface area contributed by atoms with Gasteiger partial charge in [-0.1, -0.05) is 20.8 Å². The highest BCUT2D eigenvalue weighted by molar-refractivity contribution is 8.00. The molecule has 112 valence electrons. The molecule has 1 aliphatic heterocycles. The van der Waals surface area contributed by atoms with Crippen molar-refractivity contribution in [3.63, 3.8) is 0 Å². The summed E-state index contributed by atoms with van der Waals surface area (Å²) in [5.74, 6) is 11.4. The summed E-state index contributed by atoms with van der Waals surface area (Å²) in [6.45, 7) is 7.78. The second-order valence-corrected chi connectivity index (χ2v) is 10.8. The lowest BCUT2D eigenvalue weighted by Crippen LogP contribution is -2.43. The molecule has 0 amide bonds. The molecule has 10 atom stereocenters. The van der Waals surface area contributed by atoms with Gasteiger partial charge in [-0.2, -0.15) is 11.8 Å². The van der Waals surface area contributed by atoms with E-state index in [1.54, 1.807) is 19.3 Å². The van der Waals surface area contributed by atoms with Crippen LogP contribution in [0.5, 0.6) is 0 Å². The van der Waals surface area contributed by atoms with Gasteiger partial charge < -0.3 is 0 Å². The first-order valence-electron chi connectivity index (χ1n) is 9.24. The third kappa shape index (κ3) is 1.38. The van der Waals surface area contributed by atoms with Gasteiger partial charge in [0.05, 0.1) is 0 Å². The number of hydrogen-bond donors (Lipinski definition) is 0. The monoisotopic (exact) mass is 290 g/mol. The Morgan fingerprint density at radius 1 is 0.900 bits per heavy atom. The minimum absolute atomic E-state index is 0.668. The average Bonchev–Trinajstić information content (AvgIpc) is 3.17. The van der Waals surface area contributed by atoms with Crippen LogP contribution in [0.15, 0.2) is 0 Å². The lowest BCUT2D eigenvalue weighted by molar-refractivity contribution is 0.0370. The highest BCUT2D eigenvalue weighted by atomic mass is 32.2. The lowest BCUT2D eigenvalue weighted by Gasteiger charge is -2.47. The number of thioether (sulfide) groups is 1. The van der Waals surface area contributed by atoms with Crippen LogP contribution < -0.4 is 0 Å². The Morgan fingerprint density at radius 2 is 1.65 bits per heavy atom. The minimum atomic E-state index is 0.668. The topological polar surface area (TPSA) is 0 Å². The Balaban J connectivity index is 1.46. The molecule has 5 fully saturated rings. The van der Waals surface area contributed by atoms with E-state index in [1.807, 2.05) is 0 Å². The van der Waals surface area contributed by atoms with Crippen LogP contribution in [-0.4, -0.2) is 10.5 Å². The predicted octanol–water partition coefficient (Wildman–Crippen LogP) is 5.08. The van der Waals surface area contributed by atoms with Gasteiger partial charge in [0, 0.05) is 4.75 Å². The molecule has 1 saturated heterocycles. The van der Waals surface area contributed by atoms with E-state index in [0.717, 1.165) is 47.3 Å². The Hall–Kier alpha value is 0.350. The van der Waals surface area contributed by atoms with E-state index in [-0.39, 0.29) is 0 Å². The largest absolute Gasteiger partial charge is 0.155 e. The zero-order chi connectivity index (χ0) is 13.6. The van der Waals surface area contributed by atoms with Crippen molar-refractivity contribution in [1.29, 1.82) is 0 Å². The smallest absolute Gasteiger partial charge is 0.0163 e. The Morgan fingerprint density at radius 3 is 2.35 bits per heavy atom. The highest BCUT2D eigenvalue weighted by Gasteiger charge is 2.67. The van der Waals surface area contributed by atoms with Crippen molar-refractivity contribution >= 4 is 11.8 Å². The van der Waals surface area contributed by atoms with Crippen LogP contribution in [-0.2, 0) is 0 Å². The first-order chi connectivity index (χ1) is 9.60. The van der Waals surface area contributed by atoms with Gasteiger partial charge in [0.1, 0.15) is 0 Å². The van der Waals surface area contributed by atoms with Crippen LogP contribution in [0.3, 0.4) is 0 Å². The molecule has 0 aromatic carbocycles. The molecular formula is C19H30S. The first-order valence-corrected chi connectivity index (χ1v) is 10.2. The molecule has 4 saturated carbocycles. The van der Waals surface area contributed by atoms with E-state index in [0.29, 0.717) is 4.75 Å². The number of hydrogen-bond acceptors (Lipinski definition) is 1. The van der Waals surface area contributed by atoms with E-state index < -0.39 is 0 Å². The minimum Gasteiger partial charge on any atom is -0.155 e. The maximum atomic E-state index is 2.63. The standard InChI is InChI=1S/C19H30S/c1-10-11(2)14-9-13(10)17-12-7-15(18(14)17)16(8-12)19(3)5-4-6-20-19/h10-18H,4-9H2,1-3H3. The quantitative estimate of drug-likeness (QED) is 0.607. The predicted molar refractivity (Wildman–Crippen MR) is 86.7 cm³/mol. The Kier molecular flexibility index (Phi) is 2.57. The van der Waals surface area contributed by atoms with Crippen molar-refractivity contribution in [2.75, 3.05) is 5.75 Å². The van der Waals surface area contributed by atoms with Gasteiger partial charge >= 0.3 is 0 Å². The van der Waals surface area contributed by atoms with E-state index in [1.165, 1.54) is 24.5 Å². The Labute approximate surface area is 128 Å². The molecule has 1 heterocycles. The molecule has 4 aliphatic carbocycles. The van der Waals surface area contributed by atoms with Crippen molar-refractivity contribution in [2.45, 2.75) is 57.6 Å². The lowest BCUT2D eigenvalue weighted by atomic mass is 9.60. The van der Waals surface area contributed by atoms with E-state index in [2.05, 4.69) is 32.5 Å². The second kappa shape index (κ2) is 4.00. The van der Waals surface area contributed by atoms with Gasteiger partial charge in [0.2, 0.25) is 0 Å². The fourth-order valence-corrected chi connectivity index (χ4v) is 9.55. The van der Waals surface area contributed by atoms with E-state index >= 15 is 0 Å². The average molecular weight is 291 g/mol. The van der Waals surface area contributed by atoms with Crippen LogP contribution in [0.2, 0.25) is 0 Å². The number of fused-ring (bicyclic) bond motifs is 9. The number of rotatable bonds is 1. The molecule has 0 spiro atoms. The van der Waals surface area contributed by atoms with Crippen LogP contribution in [0, 0.1) is 53.3 Å². The van der Waals surface area contributed by atoms with Crippen molar-refractivity contribution in [2.24, 2.45) is 53.3 Å². The van der Waals surface area contributed by atoms with Crippen molar-refractivity contribution in [3.8, 4) is 0 Å². The summed E-state index contributed by atoms with van der Waals surface area (Å²) in [4.78, 5) is 0. The molecule has 5 aliphatic rings. The summed E-state index contributed by atoms with van der Waals surface area (Å²) >= 11 is 2.34. The summed E-state index contributed by atoms with van der Waals surface area (Å²) in [5.41, 5.74) is 0. The van der Waals surface area contributed by atoms with Crippen LogP contribution in [0.4, 0.5) is 0 Å². The molecular weight excluding hydrogens is 260 g/mol. The molecule has 0 radical (unpaired) electrons. The first kappa shape index (κ1) is 12.9. The van der Waals surface area contributed by atoms with Gasteiger partial charge in [0.15, 0.2) is 0 Å². The molecule has 0 aromatic rings. The van der Waals surface area contributed by atoms with Gasteiger partial charge in [-0.3, -0.25) is 0 Å². The summed E-state index contributed by atoms with van der Waals surface area (Å²) in [6.07, 6.45) is 7.86. The molecule has 0 nitrogen and oxygen atoms in total. The van der Waals surface area contributed by atoms with Gasteiger partial charge in [-0.05, 0) is 91.1 Å². The maximum Gasteiger partial charge on any atom is 0.0163 e. The maximum absolute atomic E-state index is 2.63. The molecule has 1 heteroatoms. The SMILES string of the molecule is CC1C(C)C2CC1C1C3CC(C21)C(C1(C)CCCS1)C3. The van der Waals surface area contributed by atoms with Crippen LogP contribution >= 0.6 is 11.8 Å². The molecule has 5 rings (SSSR count). The fourth-order valence-electron chi connectivity index (χ4n) is 8.02. The highest BCUT2D eigenvalue weighted by Crippen LogP contribution is 2.73. The van der Waals surface area contributed by atoms with Gasteiger partial charge in [0.25, 0.3) is 0 Å². The van der Waals surface area contributed by atoms with Crippen LogP contribution in [0.1, 0.15) is 52.9 Å². The van der Waals surface area contributed by atoms with E-state index in [4.69, 9.17) is 0 Å². The zero-order valence-electron chi connectivity index (χ0n) is 13.3. The van der Waals surface area contributed by atoms with Gasteiger partial charge in [-0.25, -0.2) is 0 Å². The van der Waals surface area contributed by atoms with Crippen molar-refractivity contribution < 1.29 is 0 Å². The summed E-state index contributed by atoms with van der Waals surface area (Å²) < 4.78 is 0.668. The van der Waals surface area contributed by atoms with E-state index in [9.17, 15) is 0 Å². The third-order valence-electron chi connectivity index (χ3n) is 8.88. The fraction of sp³-hybridized carbons (Fsp3) is 1.00. The molecule has 0 aromatic heterocycles. The van der Waals surface area contributed by atoms with Crippen LogP contribution in [0.25, 0.3) is 0 Å². The Bertz CT molecular complexity index is 423. The third-order valence-corrected chi connectivity index (χ3v) is 10.5. The second-order valence-electron chi connectivity index (χ2n) is 9.20. The molecule has 10 unspecified atom stereocenters. The summed E-state index contributed by atoms with van der Waals surface area (Å²) in [5, 5.41) is 0. The summed E-state index contributed by atoms with van der Waals surface area (Å²) in [6, 6.07) is 0. The normalized spacial score (nSPS) is 67.0. The molecule has 0 N–H and O–H groups in total.